The zero-order valence-corrected chi connectivity index (χ0v) is 14.9. The van der Waals surface area contributed by atoms with Crippen LogP contribution < -0.4 is 5.32 Å². The SMILES string of the molecule is CC(NC(=O)CSc1nnc(-c2cccnc2)n1C)c1ccccc1. The van der Waals surface area contributed by atoms with Crippen LogP contribution in [0.15, 0.2) is 60.0 Å². The Labute approximate surface area is 150 Å². The van der Waals surface area contributed by atoms with Gasteiger partial charge in [-0.05, 0) is 24.6 Å². The van der Waals surface area contributed by atoms with Gasteiger partial charge in [0.25, 0.3) is 0 Å². The summed E-state index contributed by atoms with van der Waals surface area (Å²) in [6.45, 7) is 1.97. The molecule has 2 heterocycles. The molecule has 0 bridgehead atoms. The van der Waals surface area contributed by atoms with E-state index >= 15 is 0 Å². The highest BCUT2D eigenvalue weighted by atomic mass is 32.2. The number of nitrogens with one attached hydrogen (secondary N) is 1. The third-order valence-corrected chi connectivity index (χ3v) is 4.78. The lowest BCUT2D eigenvalue weighted by atomic mass is 10.1. The third kappa shape index (κ3) is 4.24. The maximum atomic E-state index is 12.2. The topological polar surface area (TPSA) is 72.7 Å². The molecule has 6 nitrogen and oxygen atoms in total. The molecular weight excluding hydrogens is 334 g/mol. The van der Waals surface area contributed by atoms with Gasteiger partial charge in [0.15, 0.2) is 11.0 Å². The molecule has 1 unspecified atom stereocenters. The maximum absolute atomic E-state index is 12.2. The molecule has 3 rings (SSSR count). The molecule has 1 atom stereocenters. The minimum absolute atomic E-state index is 0.0280. The second-order valence-electron chi connectivity index (χ2n) is 5.60. The first kappa shape index (κ1) is 17.2. The first-order valence-electron chi connectivity index (χ1n) is 7.92. The normalized spacial score (nSPS) is 11.9. The summed E-state index contributed by atoms with van der Waals surface area (Å²) in [5.74, 6) is 0.983. The number of carbonyl (C=O) groups excluding carboxylic acids is 1. The number of rotatable bonds is 6. The highest BCUT2D eigenvalue weighted by molar-refractivity contribution is 7.99. The maximum Gasteiger partial charge on any atom is 0.230 e. The summed E-state index contributed by atoms with van der Waals surface area (Å²) in [5.41, 5.74) is 1.98. The van der Waals surface area contributed by atoms with Gasteiger partial charge < -0.3 is 9.88 Å². The molecule has 3 aromatic rings. The molecule has 25 heavy (non-hydrogen) atoms. The molecule has 2 aromatic heterocycles. The summed E-state index contributed by atoms with van der Waals surface area (Å²) in [6.07, 6.45) is 3.46. The van der Waals surface area contributed by atoms with Crippen molar-refractivity contribution in [2.24, 2.45) is 7.05 Å². The third-order valence-electron chi connectivity index (χ3n) is 3.76. The van der Waals surface area contributed by atoms with Crippen molar-refractivity contribution in [3.63, 3.8) is 0 Å². The Morgan fingerprint density at radius 1 is 1.20 bits per heavy atom. The van der Waals surface area contributed by atoms with Crippen molar-refractivity contribution in [2.75, 3.05) is 5.75 Å². The number of benzene rings is 1. The molecule has 0 aliphatic heterocycles. The van der Waals surface area contributed by atoms with Gasteiger partial charge in [-0.2, -0.15) is 0 Å². The molecular formula is C18H19N5OS. The average molecular weight is 353 g/mol. The van der Waals surface area contributed by atoms with Gasteiger partial charge in [0, 0.05) is 25.0 Å². The highest BCUT2D eigenvalue weighted by Crippen LogP contribution is 2.22. The minimum atomic E-state index is -0.0349. The molecule has 0 aliphatic rings. The predicted molar refractivity (Wildman–Crippen MR) is 98.0 cm³/mol. The van der Waals surface area contributed by atoms with E-state index in [1.807, 2.05) is 61.0 Å². The molecule has 7 heteroatoms. The number of pyridine rings is 1. The first-order chi connectivity index (χ1) is 12.1. The van der Waals surface area contributed by atoms with E-state index in [1.54, 1.807) is 12.4 Å². The monoisotopic (exact) mass is 353 g/mol. The van der Waals surface area contributed by atoms with Gasteiger partial charge in [-0.3, -0.25) is 9.78 Å². The number of hydrogen-bond donors (Lipinski definition) is 1. The summed E-state index contributed by atoms with van der Waals surface area (Å²) in [4.78, 5) is 16.3. The largest absolute Gasteiger partial charge is 0.349 e. The fourth-order valence-corrected chi connectivity index (χ4v) is 3.15. The molecule has 0 saturated heterocycles. The highest BCUT2D eigenvalue weighted by Gasteiger charge is 2.14. The number of thioether (sulfide) groups is 1. The Bertz CT molecular complexity index is 835. The van der Waals surface area contributed by atoms with Crippen LogP contribution in [0.3, 0.4) is 0 Å². The molecule has 0 spiro atoms. The standard InChI is InChI=1S/C18H19N5OS/c1-13(14-7-4-3-5-8-14)20-16(24)12-25-18-22-21-17(23(18)2)15-9-6-10-19-11-15/h3-11,13H,12H2,1-2H3,(H,20,24). The number of hydrogen-bond acceptors (Lipinski definition) is 5. The van der Waals surface area contributed by atoms with E-state index in [0.717, 1.165) is 17.0 Å². The zero-order valence-electron chi connectivity index (χ0n) is 14.1. The van der Waals surface area contributed by atoms with Crippen molar-refractivity contribution in [3.8, 4) is 11.4 Å². The quantitative estimate of drug-likeness (QED) is 0.690. The Kier molecular flexibility index (Phi) is 5.45. The van der Waals surface area contributed by atoms with Gasteiger partial charge in [-0.25, -0.2) is 0 Å². The summed E-state index contributed by atoms with van der Waals surface area (Å²) in [5, 5.41) is 12.1. The lowest BCUT2D eigenvalue weighted by Crippen LogP contribution is -2.28. The minimum Gasteiger partial charge on any atom is -0.349 e. The molecule has 0 aliphatic carbocycles. The number of amides is 1. The fourth-order valence-electron chi connectivity index (χ4n) is 2.43. The van der Waals surface area contributed by atoms with Gasteiger partial charge in [-0.15, -0.1) is 10.2 Å². The summed E-state index contributed by atoms with van der Waals surface area (Å²) < 4.78 is 1.87. The van der Waals surface area contributed by atoms with E-state index in [4.69, 9.17) is 0 Å². The molecule has 1 amide bonds. The Morgan fingerprint density at radius 3 is 2.72 bits per heavy atom. The predicted octanol–water partition coefficient (Wildman–Crippen LogP) is 2.85. The van der Waals surface area contributed by atoms with Crippen LogP contribution in [0.5, 0.6) is 0 Å². The van der Waals surface area contributed by atoms with Crippen molar-refractivity contribution < 1.29 is 4.79 Å². The van der Waals surface area contributed by atoms with Crippen LogP contribution in [-0.2, 0) is 11.8 Å². The van der Waals surface area contributed by atoms with Crippen molar-refractivity contribution in [1.29, 1.82) is 0 Å². The van der Waals surface area contributed by atoms with Crippen LogP contribution in [0, 0.1) is 0 Å². The molecule has 0 saturated carbocycles. The van der Waals surface area contributed by atoms with Crippen LogP contribution in [0.2, 0.25) is 0 Å². The smallest absolute Gasteiger partial charge is 0.230 e. The van der Waals surface area contributed by atoms with Gasteiger partial charge in [0.1, 0.15) is 0 Å². The lowest BCUT2D eigenvalue weighted by molar-refractivity contribution is -0.119. The van der Waals surface area contributed by atoms with E-state index in [1.165, 1.54) is 11.8 Å². The zero-order chi connectivity index (χ0) is 17.6. The first-order valence-corrected chi connectivity index (χ1v) is 8.90. The van der Waals surface area contributed by atoms with E-state index < -0.39 is 0 Å². The van der Waals surface area contributed by atoms with Crippen LogP contribution in [0.4, 0.5) is 0 Å². The van der Waals surface area contributed by atoms with Gasteiger partial charge >= 0.3 is 0 Å². The Hall–Kier alpha value is -2.67. The fraction of sp³-hybridized carbons (Fsp3) is 0.222. The summed E-state index contributed by atoms with van der Waals surface area (Å²) >= 11 is 1.36. The van der Waals surface area contributed by atoms with Gasteiger partial charge in [0.05, 0.1) is 11.8 Å². The summed E-state index contributed by atoms with van der Waals surface area (Å²) in [6, 6.07) is 13.6. The van der Waals surface area contributed by atoms with Crippen molar-refractivity contribution in [2.45, 2.75) is 18.1 Å². The number of nitrogens with zero attached hydrogens (tertiary/aromatic N) is 4. The molecule has 0 fully saturated rings. The van der Waals surface area contributed by atoms with Crippen molar-refractivity contribution in [3.05, 3.63) is 60.4 Å². The van der Waals surface area contributed by atoms with E-state index in [-0.39, 0.29) is 17.7 Å². The molecule has 128 valence electrons. The Morgan fingerprint density at radius 2 is 2.00 bits per heavy atom. The second-order valence-corrected chi connectivity index (χ2v) is 6.54. The van der Waals surface area contributed by atoms with Crippen molar-refractivity contribution in [1.82, 2.24) is 25.1 Å². The average Bonchev–Trinajstić information content (AvgIpc) is 3.02. The molecule has 0 radical (unpaired) electrons. The van der Waals surface area contributed by atoms with Crippen LogP contribution >= 0.6 is 11.8 Å². The van der Waals surface area contributed by atoms with Crippen LogP contribution in [-0.4, -0.2) is 31.4 Å². The van der Waals surface area contributed by atoms with Gasteiger partial charge in [-0.1, -0.05) is 42.1 Å². The molecule has 1 N–H and O–H groups in total. The Balaban J connectivity index is 1.59. The number of aromatic nitrogens is 4. The van der Waals surface area contributed by atoms with Crippen molar-refractivity contribution >= 4 is 17.7 Å². The lowest BCUT2D eigenvalue weighted by Gasteiger charge is -2.13. The second kappa shape index (κ2) is 7.94. The van der Waals surface area contributed by atoms with Crippen LogP contribution in [0.1, 0.15) is 18.5 Å². The number of carbonyl (C=O) groups is 1. The van der Waals surface area contributed by atoms with Crippen LogP contribution in [0.25, 0.3) is 11.4 Å². The van der Waals surface area contributed by atoms with E-state index in [0.29, 0.717) is 5.16 Å². The molecule has 1 aromatic carbocycles. The van der Waals surface area contributed by atoms with E-state index in [2.05, 4.69) is 20.5 Å². The summed E-state index contributed by atoms with van der Waals surface area (Å²) in [7, 11) is 1.88. The van der Waals surface area contributed by atoms with E-state index in [9.17, 15) is 4.79 Å². The van der Waals surface area contributed by atoms with Gasteiger partial charge in [0.2, 0.25) is 5.91 Å².